The summed E-state index contributed by atoms with van der Waals surface area (Å²) >= 11 is 0. The number of aliphatic hydroxyl groups is 1. The zero-order chi connectivity index (χ0) is 32.1. The van der Waals surface area contributed by atoms with E-state index in [1.165, 1.54) is 0 Å². The van der Waals surface area contributed by atoms with Crippen LogP contribution in [-0.2, 0) is 0 Å². The highest BCUT2D eigenvalue weighted by atomic mass is 16.3. The highest BCUT2D eigenvalue weighted by molar-refractivity contribution is 5.64. The second-order valence-electron chi connectivity index (χ2n) is 10.8. The molecular weight excluding hydrogens is 586 g/mol. The van der Waals surface area contributed by atoms with E-state index in [4.69, 9.17) is 19.9 Å². The molecule has 6 aromatic heterocycles. The summed E-state index contributed by atoms with van der Waals surface area (Å²) in [4.78, 5) is 30.4. The molecular formula is C37H37N9O. The zero-order valence-corrected chi connectivity index (χ0v) is 26.1. The van der Waals surface area contributed by atoms with Crippen LogP contribution in [-0.4, -0.2) is 79.2 Å². The van der Waals surface area contributed by atoms with Crippen molar-refractivity contribution in [2.75, 3.05) is 50.0 Å². The van der Waals surface area contributed by atoms with Gasteiger partial charge in [0.1, 0.15) is 11.6 Å². The molecule has 6 rings (SSSR count). The molecule has 10 nitrogen and oxygen atoms in total. The van der Waals surface area contributed by atoms with E-state index in [0.717, 1.165) is 76.8 Å². The molecule has 0 radical (unpaired) electrons. The van der Waals surface area contributed by atoms with Crippen LogP contribution in [0.15, 0.2) is 122 Å². The van der Waals surface area contributed by atoms with E-state index in [2.05, 4.69) is 25.5 Å². The maximum Gasteiger partial charge on any atom is 0.126 e. The van der Waals surface area contributed by atoms with Gasteiger partial charge >= 0.3 is 0 Å². The minimum absolute atomic E-state index is 0.152. The van der Waals surface area contributed by atoms with E-state index in [9.17, 15) is 5.11 Å². The molecule has 0 aromatic carbocycles. The quantitative estimate of drug-likeness (QED) is 0.127. The van der Waals surface area contributed by atoms with Crippen LogP contribution in [0, 0.1) is 0 Å². The summed E-state index contributed by atoms with van der Waals surface area (Å²) < 4.78 is 0. The van der Waals surface area contributed by atoms with Gasteiger partial charge in [-0.1, -0.05) is 36.4 Å². The molecule has 0 fully saturated rings. The molecule has 236 valence electrons. The highest BCUT2D eigenvalue weighted by Gasteiger charge is 2.10. The van der Waals surface area contributed by atoms with Crippen LogP contribution in [0.25, 0.3) is 45.6 Å². The predicted molar refractivity (Wildman–Crippen MR) is 187 cm³/mol. The van der Waals surface area contributed by atoms with Crippen LogP contribution in [0.4, 0.5) is 11.6 Å². The van der Waals surface area contributed by atoms with Crippen LogP contribution in [0.5, 0.6) is 0 Å². The Morgan fingerprint density at radius 2 is 0.851 bits per heavy atom. The van der Waals surface area contributed by atoms with Crippen molar-refractivity contribution in [1.82, 2.24) is 34.8 Å². The Kier molecular flexibility index (Phi) is 10.8. The number of nitrogens with zero attached hydrogens (tertiary/aromatic N) is 7. The van der Waals surface area contributed by atoms with Crippen molar-refractivity contribution in [2.45, 2.75) is 6.42 Å². The zero-order valence-electron chi connectivity index (χ0n) is 26.1. The number of aliphatic hydroxyl groups excluding tert-OH is 1. The molecule has 0 aliphatic heterocycles. The highest BCUT2D eigenvalue weighted by Crippen LogP contribution is 2.22. The monoisotopic (exact) mass is 623 g/mol. The number of anilines is 2. The molecule has 0 aliphatic rings. The lowest BCUT2D eigenvalue weighted by atomic mass is 10.2. The molecule has 6 aromatic rings. The fourth-order valence-corrected chi connectivity index (χ4v) is 5.13. The molecule has 6 heterocycles. The van der Waals surface area contributed by atoms with Gasteiger partial charge in [-0.05, 0) is 79.2 Å². The molecule has 10 heteroatoms. The third-order valence-corrected chi connectivity index (χ3v) is 7.48. The minimum Gasteiger partial charge on any atom is -0.396 e. The van der Waals surface area contributed by atoms with Gasteiger partial charge in [0.15, 0.2) is 0 Å². The average molecular weight is 624 g/mol. The van der Waals surface area contributed by atoms with E-state index in [-0.39, 0.29) is 6.61 Å². The van der Waals surface area contributed by atoms with Gasteiger partial charge in [-0.15, -0.1) is 0 Å². The van der Waals surface area contributed by atoms with Gasteiger partial charge in [0.2, 0.25) is 0 Å². The van der Waals surface area contributed by atoms with Crippen molar-refractivity contribution in [1.29, 1.82) is 0 Å². The first-order valence-corrected chi connectivity index (χ1v) is 15.8. The number of nitrogens with one attached hydrogen (secondary N) is 2. The van der Waals surface area contributed by atoms with Crippen molar-refractivity contribution in [3.63, 3.8) is 0 Å². The molecule has 0 spiro atoms. The van der Waals surface area contributed by atoms with Gasteiger partial charge in [0.05, 0.1) is 45.6 Å². The molecule has 0 atom stereocenters. The summed E-state index contributed by atoms with van der Waals surface area (Å²) in [6.07, 6.45) is 4.24. The van der Waals surface area contributed by atoms with Crippen molar-refractivity contribution >= 4 is 11.6 Å². The summed E-state index contributed by atoms with van der Waals surface area (Å²) in [6.45, 7) is 3.93. The van der Waals surface area contributed by atoms with Crippen molar-refractivity contribution in [3.8, 4) is 45.6 Å². The third-order valence-electron chi connectivity index (χ3n) is 7.48. The molecule has 0 bridgehead atoms. The fraction of sp³-hybridized carbons (Fsp3) is 0.189. The van der Waals surface area contributed by atoms with Gasteiger partial charge in [-0.2, -0.15) is 0 Å². The summed E-state index contributed by atoms with van der Waals surface area (Å²) in [7, 11) is 0. The van der Waals surface area contributed by atoms with Crippen LogP contribution < -0.4 is 10.6 Å². The lowest BCUT2D eigenvalue weighted by Gasteiger charge is -2.22. The lowest BCUT2D eigenvalue weighted by Crippen LogP contribution is -2.34. The minimum atomic E-state index is 0.152. The Balaban J connectivity index is 1.03. The maximum atomic E-state index is 9.49. The summed E-state index contributed by atoms with van der Waals surface area (Å²) in [5, 5.41) is 16.4. The first-order chi connectivity index (χ1) is 23.2. The standard InChI is InChI=1S/C37H37N9O/c47-27-9-24-46(25-22-40-36-18-7-16-34(44-36)32-14-5-12-30(42-32)28-10-1-3-20-38-28)26-23-41-37-19-8-17-35(45-37)33-15-6-13-31(43-33)29-11-2-4-21-39-29/h1-8,10-21,47H,9,22-27H2,(H,40,44)(H,41,45). The molecule has 0 saturated heterocycles. The number of hydrogen-bond donors (Lipinski definition) is 3. The number of pyridine rings is 6. The molecule has 47 heavy (non-hydrogen) atoms. The largest absolute Gasteiger partial charge is 0.396 e. The molecule has 0 aliphatic carbocycles. The number of aromatic nitrogens is 6. The molecule has 0 amide bonds. The van der Waals surface area contributed by atoms with E-state index >= 15 is 0 Å². The SMILES string of the molecule is OCCCN(CCNc1cccc(-c2cccc(-c3ccccn3)n2)n1)CCNc1cccc(-c2cccc(-c3ccccn3)n2)n1. The second kappa shape index (κ2) is 16.1. The topological polar surface area (TPSA) is 125 Å². The van der Waals surface area contributed by atoms with E-state index in [1.54, 1.807) is 12.4 Å². The van der Waals surface area contributed by atoms with Gasteiger partial charge in [0, 0.05) is 51.7 Å². The van der Waals surface area contributed by atoms with Crippen molar-refractivity contribution in [3.05, 3.63) is 122 Å². The average Bonchev–Trinajstić information content (AvgIpc) is 3.15. The Morgan fingerprint density at radius 1 is 0.447 bits per heavy atom. The van der Waals surface area contributed by atoms with Crippen molar-refractivity contribution < 1.29 is 5.11 Å². The Bertz CT molecular complexity index is 1720. The van der Waals surface area contributed by atoms with Gasteiger partial charge in [-0.25, -0.2) is 19.9 Å². The summed E-state index contributed by atoms with van der Waals surface area (Å²) in [5.74, 6) is 1.57. The van der Waals surface area contributed by atoms with E-state index in [0.29, 0.717) is 19.5 Å². The smallest absolute Gasteiger partial charge is 0.126 e. The van der Waals surface area contributed by atoms with Crippen LogP contribution in [0.2, 0.25) is 0 Å². The van der Waals surface area contributed by atoms with Crippen LogP contribution in [0.3, 0.4) is 0 Å². The first-order valence-electron chi connectivity index (χ1n) is 15.8. The van der Waals surface area contributed by atoms with Crippen molar-refractivity contribution in [2.24, 2.45) is 0 Å². The van der Waals surface area contributed by atoms with E-state index in [1.807, 2.05) is 109 Å². The summed E-state index contributed by atoms with van der Waals surface area (Å²) in [5.41, 5.74) is 6.45. The Labute approximate surface area is 274 Å². The lowest BCUT2D eigenvalue weighted by molar-refractivity contribution is 0.233. The Morgan fingerprint density at radius 3 is 1.28 bits per heavy atom. The van der Waals surface area contributed by atoms with E-state index < -0.39 is 0 Å². The third kappa shape index (κ3) is 8.78. The van der Waals surface area contributed by atoms with Crippen LogP contribution >= 0.6 is 0 Å². The van der Waals surface area contributed by atoms with Gasteiger partial charge < -0.3 is 15.7 Å². The maximum absolute atomic E-state index is 9.49. The normalized spacial score (nSPS) is 11.0. The number of rotatable bonds is 15. The second-order valence-corrected chi connectivity index (χ2v) is 10.8. The summed E-state index contributed by atoms with van der Waals surface area (Å²) in [6, 6.07) is 35.2. The first kappa shape index (κ1) is 31.4. The predicted octanol–water partition coefficient (Wildman–Crippen LogP) is 5.93. The van der Waals surface area contributed by atoms with Gasteiger partial charge in [-0.3, -0.25) is 14.9 Å². The molecule has 3 N–H and O–H groups in total. The molecule has 0 unspecified atom stereocenters. The fourth-order valence-electron chi connectivity index (χ4n) is 5.13. The van der Waals surface area contributed by atoms with Gasteiger partial charge in [0.25, 0.3) is 0 Å². The van der Waals surface area contributed by atoms with Crippen LogP contribution in [0.1, 0.15) is 6.42 Å². The Hall–Kier alpha value is -5.58. The number of hydrogen-bond acceptors (Lipinski definition) is 10. The molecule has 0 saturated carbocycles.